The maximum absolute atomic E-state index is 12.0. The molecule has 0 amide bonds. The van der Waals surface area contributed by atoms with Gasteiger partial charge in [0.05, 0.1) is 6.61 Å². The molecule has 1 atom stereocenters. The van der Waals surface area contributed by atoms with E-state index in [4.69, 9.17) is 25.8 Å². The van der Waals surface area contributed by atoms with Gasteiger partial charge in [0.15, 0.2) is 11.5 Å². The molecule has 6 heteroatoms. The second-order valence-electron chi connectivity index (χ2n) is 5.76. The number of nitrogens with two attached hydrogens (primary N) is 1. The first-order valence-electron chi connectivity index (χ1n) is 8.29. The van der Waals surface area contributed by atoms with Gasteiger partial charge in [-0.3, -0.25) is 4.79 Å². The highest BCUT2D eigenvalue weighted by atomic mass is 35.5. The summed E-state index contributed by atoms with van der Waals surface area (Å²) in [6.07, 6.45) is 0.266. The minimum absolute atomic E-state index is 0.113. The van der Waals surface area contributed by atoms with Gasteiger partial charge in [-0.05, 0) is 31.2 Å². The first-order chi connectivity index (χ1) is 12.2. The number of hydrogen-bond donors (Lipinski definition) is 1. The lowest BCUT2D eigenvalue weighted by Gasteiger charge is -2.17. The zero-order valence-electron chi connectivity index (χ0n) is 14.0. The van der Waals surface area contributed by atoms with Crippen LogP contribution in [0.5, 0.6) is 11.5 Å². The van der Waals surface area contributed by atoms with E-state index in [1.165, 1.54) is 0 Å². The number of hydrogen-bond acceptors (Lipinski definition) is 4. The molecule has 1 heterocycles. The number of carbonyl (C=O) groups excluding carboxylic acids is 1. The Labute approximate surface area is 151 Å². The molecule has 0 saturated heterocycles. The topological polar surface area (TPSA) is 61.4 Å². The first kappa shape index (κ1) is 17.6. The predicted molar refractivity (Wildman–Crippen MR) is 93.6 cm³/mol. The summed E-state index contributed by atoms with van der Waals surface area (Å²) in [5, 5.41) is 2.74. The molecule has 25 heavy (non-hydrogen) atoms. The average molecular weight is 363 g/mol. The largest absolute Gasteiger partial charge is 0.466 e. The highest BCUT2D eigenvalue weighted by molar-refractivity contribution is 6.31. The Hall–Kier alpha value is -2.24. The van der Waals surface area contributed by atoms with Gasteiger partial charge < -0.3 is 19.5 Å². The highest BCUT2D eigenvalue weighted by Gasteiger charge is 2.23. The molecule has 0 spiro atoms. The quantitative estimate of drug-likeness (QED) is 0.769. The third kappa shape index (κ3) is 4.44. The van der Waals surface area contributed by atoms with Crippen molar-refractivity contribution in [2.24, 2.45) is 0 Å². The van der Waals surface area contributed by atoms with Gasteiger partial charge in [-0.15, -0.1) is 0 Å². The number of halogens is 1. The van der Waals surface area contributed by atoms with Crippen LogP contribution in [-0.4, -0.2) is 19.4 Å². The predicted octanol–water partition coefficient (Wildman–Crippen LogP) is 2.83. The van der Waals surface area contributed by atoms with Gasteiger partial charge in [-0.2, -0.15) is 0 Å². The zero-order valence-corrected chi connectivity index (χ0v) is 14.8. The van der Waals surface area contributed by atoms with Crippen molar-refractivity contribution in [3.63, 3.8) is 0 Å². The van der Waals surface area contributed by atoms with Crippen molar-refractivity contribution in [2.45, 2.75) is 25.9 Å². The van der Waals surface area contributed by atoms with Crippen LogP contribution in [0.15, 0.2) is 42.5 Å². The smallest absolute Gasteiger partial charge is 0.312 e. The Morgan fingerprint density at radius 1 is 1.24 bits per heavy atom. The summed E-state index contributed by atoms with van der Waals surface area (Å²) >= 11 is 6.33. The fourth-order valence-corrected chi connectivity index (χ4v) is 3.12. The molecule has 0 saturated carbocycles. The van der Waals surface area contributed by atoms with Crippen LogP contribution in [0.25, 0.3) is 0 Å². The van der Waals surface area contributed by atoms with Crippen LogP contribution in [0.1, 0.15) is 30.5 Å². The van der Waals surface area contributed by atoms with Crippen molar-refractivity contribution in [3.8, 4) is 11.5 Å². The van der Waals surface area contributed by atoms with Crippen molar-refractivity contribution in [1.29, 1.82) is 0 Å². The number of esters is 1. The van der Waals surface area contributed by atoms with Crippen LogP contribution in [-0.2, 0) is 16.1 Å². The third-order valence-electron chi connectivity index (χ3n) is 4.07. The van der Waals surface area contributed by atoms with Crippen LogP contribution in [0, 0.1) is 0 Å². The molecule has 0 bridgehead atoms. The minimum atomic E-state index is -0.227. The van der Waals surface area contributed by atoms with Gasteiger partial charge in [0.1, 0.15) is 19.0 Å². The monoisotopic (exact) mass is 362 g/mol. The third-order valence-corrected chi connectivity index (χ3v) is 4.42. The van der Waals surface area contributed by atoms with E-state index in [0.717, 1.165) is 22.6 Å². The van der Waals surface area contributed by atoms with E-state index in [-0.39, 0.29) is 25.2 Å². The van der Waals surface area contributed by atoms with Crippen molar-refractivity contribution < 1.29 is 24.3 Å². The number of benzene rings is 2. The van der Waals surface area contributed by atoms with Crippen molar-refractivity contribution in [2.75, 3.05) is 13.4 Å². The molecule has 0 aromatic heterocycles. The highest BCUT2D eigenvalue weighted by Crippen LogP contribution is 2.32. The molecule has 0 radical (unpaired) electrons. The second kappa shape index (κ2) is 8.23. The fourth-order valence-electron chi connectivity index (χ4n) is 2.84. The minimum Gasteiger partial charge on any atom is -0.466 e. The Morgan fingerprint density at radius 2 is 2.04 bits per heavy atom. The van der Waals surface area contributed by atoms with E-state index in [9.17, 15) is 4.79 Å². The summed E-state index contributed by atoms with van der Waals surface area (Å²) in [6.45, 7) is 3.12. The maximum atomic E-state index is 12.0. The van der Waals surface area contributed by atoms with E-state index in [0.29, 0.717) is 18.2 Å². The number of quaternary nitrogens is 1. The molecule has 2 N–H and O–H groups in total. The Kier molecular flexibility index (Phi) is 5.79. The lowest BCUT2D eigenvalue weighted by atomic mass is 10.0. The molecule has 2 aromatic rings. The van der Waals surface area contributed by atoms with Gasteiger partial charge in [-0.1, -0.05) is 29.8 Å². The van der Waals surface area contributed by atoms with Crippen LogP contribution in [0.2, 0.25) is 5.02 Å². The SMILES string of the molecule is CCOC(=O)C[C@@H]([NH2+]Cc1ccc2c(c1)OCO2)c1ccccc1Cl. The lowest BCUT2D eigenvalue weighted by Crippen LogP contribution is -2.84. The van der Waals surface area contributed by atoms with Gasteiger partial charge in [-0.25, -0.2) is 0 Å². The molecule has 1 aliphatic heterocycles. The molecule has 0 unspecified atom stereocenters. The second-order valence-corrected chi connectivity index (χ2v) is 6.17. The zero-order chi connectivity index (χ0) is 17.6. The molecule has 2 aromatic carbocycles. The summed E-state index contributed by atoms with van der Waals surface area (Å²) in [4.78, 5) is 12.0. The van der Waals surface area contributed by atoms with E-state index in [1.807, 2.05) is 42.5 Å². The molecular weight excluding hydrogens is 342 g/mol. The van der Waals surface area contributed by atoms with E-state index >= 15 is 0 Å². The number of ether oxygens (including phenoxy) is 3. The van der Waals surface area contributed by atoms with Gasteiger partial charge in [0, 0.05) is 16.1 Å². The van der Waals surface area contributed by atoms with E-state index in [1.54, 1.807) is 6.92 Å². The molecule has 0 aliphatic carbocycles. The summed E-state index contributed by atoms with van der Waals surface area (Å²) < 4.78 is 15.9. The van der Waals surface area contributed by atoms with Gasteiger partial charge >= 0.3 is 5.97 Å². The molecule has 5 nitrogen and oxygen atoms in total. The Bertz CT molecular complexity index is 750. The first-order valence-corrected chi connectivity index (χ1v) is 8.67. The Morgan fingerprint density at radius 3 is 2.84 bits per heavy atom. The summed E-state index contributed by atoms with van der Waals surface area (Å²) in [5.41, 5.74) is 2.02. The molecule has 132 valence electrons. The average Bonchev–Trinajstić information content (AvgIpc) is 3.07. The van der Waals surface area contributed by atoms with Crippen LogP contribution in [0.3, 0.4) is 0 Å². The molecule has 0 fully saturated rings. The summed E-state index contributed by atoms with van der Waals surface area (Å²) in [5.74, 6) is 1.29. The lowest BCUT2D eigenvalue weighted by molar-refractivity contribution is -0.710. The number of rotatable bonds is 7. The van der Waals surface area contributed by atoms with Gasteiger partial charge in [0.2, 0.25) is 6.79 Å². The summed E-state index contributed by atoms with van der Waals surface area (Å²) in [6, 6.07) is 13.3. The number of fused-ring (bicyclic) bond motifs is 1. The van der Waals surface area contributed by atoms with Crippen molar-refractivity contribution >= 4 is 17.6 Å². The van der Waals surface area contributed by atoms with E-state index < -0.39 is 0 Å². The van der Waals surface area contributed by atoms with Crippen LogP contribution < -0.4 is 14.8 Å². The standard InChI is InChI=1S/C19H20ClNO4/c1-2-23-19(22)10-16(14-5-3-4-6-15(14)20)21-11-13-7-8-17-18(9-13)25-12-24-17/h3-9,16,21H,2,10-12H2,1H3/p+1/t16-/m1/s1. The van der Waals surface area contributed by atoms with Crippen molar-refractivity contribution in [3.05, 3.63) is 58.6 Å². The Balaban J connectivity index is 1.73. The molecular formula is C19H21ClNO4+. The maximum Gasteiger partial charge on any atom is 0.312 e. The molecule has 1 aliphatic rings. The summed E-state index contributed by atoms with van der Waals surface area (Å²) in [7, 11) is 0. The normalized spacial score (nSPS) is 13.5. The number of carbonyl (C=O) groups is 1. The molecule has 3 rings (SSSR count). The van der Waals surface area contributed by atoms with Crippen LogP contribution >= 0.6 is 11.6 Å². The van der Waals surface area contributed by atoms with Crippen LogP contribution in [0.4, 0.5) is 0 Å². The fraction of sp³-hybridized carbons (Fsp3) is 0.316. The van der Waals surface area contributed by atoms with Crippen molar-refractivity contribution in [1.82, 2.24) is 0 Å². The van der Waals surface area contributed by atoms with E-state index in [2.05, 4.69) is 5.32 Å². The van der Waals surface area contributed by atoms with Gasteiger partial charge in [0.25, 0.3) is 0 Å².